The molecule has 0 heterocycles. The summed E-state index contributed by atoms with van der Waals surface area (Å²) in [4.78, 5) is 180. The maximum absolute atomic E-state index is 8.55. The van der Waals surface area contributed by atoms with E-state index in [0.717, 1.165) is 0 Å². The van der Waals surface area contributed by atoms with Crippen molar-refractivity contribution >= 4 is 54.8 Å². The fourth-order valence-electron chi connectivity index (χ4n) is 0. The van der Waals surface area contributed by atoms with Crippen molar-refractivity contribution in [3.8, 4) is 0 Å². The molecule has 28 nitrogen and oxygen atoms in total. The molecule has 0 rings (SSSR count). The van der Waals surface area contributed by atoms with E-state index in [1.54, 1.807) is 0 Å². The van der Waals surface area contributed by atoms with Crippen molar-refractivity contribution in [2.75, 3.05) is 0 Å². The summed E-state index contributed by atoms with van der Waals surface area (Å²) in [5.41, 5.74) is 0. The van der Waals surface area contributed by atoms with Gasteiger partial charge in [0.25, 0.3) is 0 Å². The Hall–Kier alpha value is 7.43. The van der Waals surface area contributed by atoms with Crippen molar-refractivity contribution in [3.05, 3.63) is 0 Å². The van der Waals surface area contributed by atoms with Crippen molar-refractivity contribution in [3.63, 3.8) is 0 Å². The second-order valence-corrected chi connectivity index (χ2v) is 9.39. The standard InChI is InChI=1S/3Fe.3Li.7H3O4P.3Y/c;;;;;;7*1-5(2,3)4;;;/h;;;;;;7*(H3,1,2,3,4);;;/q3*+3;3*+1;;;;;;;;3*+3/p-21. The Labute approximate surface area is 389 Å². The Morgan fingerprint density at radius 3 is 0.205 bits per heavy atom. The third-order valence-electron chi connectivity index (χ3n) is 0. The topological polar surface area (TPSA) is 604 Å². The van der Waals surface area contributed by atoms with Gasteiger partial charge in [0.1, 0.15) is 0 Å². The summed E-state index contributed by atoms with van der Waals surface area (Å²) >= 11 is 0. The minimum atomic E-state index is -5.39. The number of rotatable bonds is 0. The zero-order valence-electron chi connectivity index (χ0n) is 20.4. The third kappa shape index (κ3) is 2100. The van der Waals surface area contributed by atoms with Crippen molar-refractivity contribution in [1.29, 1.82) is 0 Å². The third-order valence-corrected chi connectivity index (χ3v) is 0. The molecule has 0 saturated heterocycles. The predicted molar refractivity (Wildman–Crippen MR) is 53.2 cm³/mol. The maximum atomic E-state index is 8.55. The van der Waals surface area contributed by atoms with E-state index in [0.29, 0.717) is 0 Å². The monoisotopic (exact) mass is 1120 g/mol. The first-order chi connectivity index (χ1) is 14.0. The molecule has 0 aromatic heterocycles. The molecular weight excluding hydrogens is 1120 g/mol. The number of hydrogen-bond donors (Lipinski definition) is 0. The van der Waals surface area contributed by atoms with E-state index >= 15 is 0 Å². The zero-order chi connectivity index (χ0) is 31.5. The van der Waals surface area contributed by atoms with E-state index in [1.807, 2.05) is 0 Å². The van der Waals surface area contributed by atoms with Crippen LogP contribution in [0.15, 0.2) is 0 Å². The smallest absolute Gasteiger partial charge is 0.822 e. The molecular formula is Fe3Li3O28P7Y3. The van der Waals surface area contributed by atoms with Crippen LogP contribution >= 0.6 is 54.8 Å². The molecule has 0 aliphatic carbocycles. The summed E-state index contributed by atoms with van der Waals surface area (Å²) < 4.78 is 59.8. The second kappa shape index (κ2) is 50.4. The Morgan fingerprint density at radius 1 is 0.205 bits per heavy atom. The Morgan fingerprint density at radius 2 is 0.205 bits per heavy atom. The summed E-state index contributed by atoms with van der Waals surface area (Å²) in [6, 6.07) is 0. The van der Waals surface area contributed by atoms with Gasteiger partial charge in [-0.2, -0.15) is 54.8 Å². The van der Waals surface area contributed by atoms with E-state index in [2.05, 4.69) is 0 Å². The molecule has 0 aromatic rings. The van der Waals surface area contributed by atoms with Gasteiger partial charge in [-0.15, -0.1) is 0 Å². The van der Waals surface area contributed by atoms with E-state index in [4.69, 9.17) is 135 Å². The Kier molecular flexibility index (Phi) is 119. The molecule has 0 saturated carbocycles. The fourth-order valence-corrected chi connectivity index (χ4v) is 0. The van der Waals surface area contributed by atoms with Gasteiger partial charge in [0.2, 0.25) is 0 Å². The van der Waals surface area contributed by atoms with Gasteiger partial charge in [-0.3, -0.25) is 0 Å². The van der Waals surface area contributed by atoms with Crippen LogP contribution in [-0.2, 0) is 181 Å². The normalized spacial score (nSPS) is 9.39. The summed E-state index contributed by atoms with van der Waals surface area (Å²) in [5.74, 6) is 0. The quantitative estimate of drug-likeness (QED) is 0.161. The molecule has 0 bridgehead atoms. The molecule has 44 heteroatoms. The van der Waals surface area contributed by atoms with Crippen molar-refractivity contribution in [2.45, 2.75) is 0 Å². The molecule has 0 unspecified atom stereocenters. The molecule has 0 aliphatic heterocycles. The van der Waals surface area contributed by atoms with Crippen LogP contribution in [0.2, 0.25) is 0 Å². The SMILES string of the molecule is O=P([O-])([O-])[O-].O=P([O-])([O-])[O-].O=P([O-])([O-])[O-].O=P([O-])([O-])[O-].O=P([O-])([O-])[O-].O=P([O-])([O-])[O-].O=P([O-])([O-])[O-].[Fe+3].[Fe+3].[Fe+3].[Li+].[Li+].[Li+].[Y+3].[Y+3].[Y+3]. The van der Waals surface area contributed by atoms with E-state index in [9.17, 15) is 0 Å². The predicted octanol–water partition coefficient (Wildman–Crippen LogP) is -28.8. The van der Waals surface area contributed by atoms with Gasteiger partial charge >= 0.3 is 206 Å². The molecule has 44 heavy (non-hydrogen) atoms. The van der Waals surface area contributed by atoms with Crippen LogP contribution in [0, 0.1) is 0 Å². The summed E-state index contributed by atoms with van der Waals surface area (Å²) in [6.07, 6.45) is 0. The van der Waals surface area contributed by atoms with E-state index in [-0.39, 0.29) is 206 Å². The minimum absolute atomic E-state index is 0. The fraction of sp³-hybridized carbons (Fsp3) is 0. The van der Waals surface area contributed by atoms with Crippen LogP contribution in [0.4, 0.5) is 0 Å². The zero-order valence-corrected chi connectivity index (χ0v) is 38.4. The second-order valence-electron chi connectivity index (χ2n) is 3.13. The molecule has 0 aliphatic rings. The molecule has 0 amide bonds. The van der Waals surface area contributed by atoms with Crippen LogP contribution in [0.3, 0.4) is 0 Å². The molecule has 0 spiro atoms. The van der Waals surface area contributed by atoms with E-state index < -0.39 is 54.8 Å². The van der Waals surface area contributed by atoms with E-state index in [1.165, 1.54) is 0 Å². The molecule has 0 aromatic carbocycles. The van der Waals surface area contributed by atoms with Crippen LogP contribution in [0.25, 0.3) is 0 Å². The van der Waals surface area contributed by atoms with Gasteiger partial charge in [0.05, 0.1) is 0 Å². The van der Waals surface area contributed by atoms with Crippen LogP contribution in [-0.4, -0.2) is 0 Å². The first-order valence-electron chi connectivity index (χ1n) is 5.11. The number of hydrogen-bond acceptors (Lipinski definition) is 28. The van der Waals surface area contributed by atoms with Gasteiger partial charge in [-0.1, -0.05) is 0 Å². The van der Waals surface area contributed by atoms with Crippen molar-refractivity contribution < 1.29 is 341 Å². The average Bonchev–Trinajstić information content (AvgIpc) is 2.06. The molecule has 3 radical (unpaired) electrons. The van der Waals surface area contributed by atoms with Gasteiger partial charge in [0, 0.05) is 0 Å². The van der Waals surface area contributed by atoms with Gasteiger partial charge in [-0.05, 0) is 0 Å². The van der Waals surface area contributed by atoms with Gasteiger partial charge in [-0.25, -0.2) is 0 Å². The first-order valence-corrected chi connectivity index (χ1v) is 15.3. The Bertz CT molecular complexity index is 591. The molecule has 0 atom stereocenters. The maximum Gasteiger partial charge on any atom is 3.00 e. The van der Waals surface area contributed by atoms with Crippen molar-refractivity contribution in [1.82, 2.24) is 0 Å². The molecule has 0 N–H and O–H groups in total. The van der Waals surface area contributed by atoms with Crippen LogP contribution in [0.5, 0.6) is 0 Å². The largest absolute Gasteiger partial charge is 3.00 e. The first kappa shape index (κ1) is 104. The number of phosphoric acid groups is 7. The Balaban J connectivity index is -0.0000000144. The minimum Gasteiger partial charge on any atom is -0.822 e. The summed E-state index contributed by atoms with van der Waals surface area (Å²) in [5, 5.41) is 0. The van der Waals surface area contributed by atoms with Crippen LogP contribution in [0.1, 0.15) is 0 Å². The molecule has 239 valence electrons. The molecule has 0 fully saturated rings. The van der Waals surface area contributed by atoms with Crippen molar-refractivity contribution in [2.24, 2.45) is 0 Å². The van der Waals surface area contributed by atoms with Gasteiger partial charge < -0.3 is 135 Å². The van der Waals surface area contributed by atoms with Crippen LogP contribution < -0.4 is 159 Å². The van der Waals surface area contributed by atoms with Gasteiger partial charge in [0.15, 0.2) is 0 Å². The summed E-state index contributed by atoms with van der Waals surface area (Å²) in [7, 11) is -37.7. The summed E-state index contributed by atoms with van der Waals surface area (Å²) in [6.45, 7) is 0. The average molecular weight is 1120 g/mol.